The third-order valence-corrected chi connectivity index (χ3v) is 6.83. The van der Waals surface area contributed by atoms with E-state index in [0.29, 0.717) is 22.8 Å². The number of aromatic nitrogens is 1. The van der Waals surface area contributed by atoms with Crippen LogP contribution in [0.15, 0.2) is 29.6 Å². The van der Waals surface area contributed by atoms with Crippen LogP contribution in [0.3, 0.4) is 0 Å². The van der Waals surface area contributed by atoms with Crippen molar-refractivity contribution in [3.63, 3.8) is 0 Å². The van der Waals surface area contributed by atoms with Crippen molar-refractivity contribution in [1.29, 1.82) is 0 Å². The summed E-state index contributed by atoms with van der Waals surface area (Å²) < 4.78 is 41.3. The number of hydrogen-bond donors (Lipinski definition) is 2. The molecular weight excluding hydrogens is 435 g/mol. The monoisotopic (exact) mass is 456 g/mol. The molecule has 0 bridgehead atoms. The maximum atomic E-state index is 13.1. The summed E-state index contributed by atoms with van der Waals surface area (Å²) in [6, 6.07) is 5.42. The first kappa shape index (κ1) is 22.0. The lowest BCUT2D eigenvalue weighted by atomic mass is 10.2. The molecule has 2 aromatic rings. The number of carbonyl (C=O) groups excluding carboxylic acids is 2. The zero-order valence-electron chi connectivity index (χ0n) is 16.1. The van der Waals surface area contributed by atoms with Crippen LogP contribution < -0.4 is 10.6 Å². The summed E-state index contributed by atoms with van der Waals surface area (Å²) in [6.45, 7) is 0.300. The molecule has 0 saturated carbocycles. The van der Waals surface area contributed by atoms with E-state index < -0.39 is 28.1 Å². The van der Waals surface area contributed by atoms with Crippen LogP contribution in [0.5, 0.6) is 0 Å². The Kier molecular flexibility index (Phi) is 6.87. The molecule has 1 aromatic heterocycles. The molecule has 30 heavy (non-hydrogen) atoms. The Labute approximate surface area is 177 Å². The highest BCUT2D eigenvalue weighted by Gasteiger charge is 2.31. The van der Waals surface area contributed by atoms with Gasteiger partial charge in [-0.3, -0.25) is 5.32 Å². The van der Waals surface area contributed by atoms with Gasteiger partial charge in [0.25, 0.3) is 0 Å². The van der Waals surface area contributed by atoms with Gasteiger partial charge in [-0.15, -0.1) is 11.3 Å². The number of sulfone groups is 1. The molecule has 12 heteroatoms. The van der Waals surface area contributed by atoms with Gasteiger partial charge < -0.3 is 15.0 Å². The minimum Gasteiger partial charge on any atom is -0.445 e. The number of hydrogen-bond acceptors (Lipinski definition) is 7. The fourth-order valence-corrected chi connectivity index (χ4v) is 5.09. The predicted octanol–water partition coefficient (Wildman–Crippen LogP) is 2.36. The first-order chi connectivity index (χ1) is 14.2. The standard InChI is InChI=1S/C18H21FN4O5S2/c1-23(18(25)28-15-5-6-30(26,27)11-15)9-14-10-29-17(21-14)22-16(24)20-8-12-3-2-4-13(19)7-12/h2-4,7,10,15H,5-6,8-9,11H2,1H3,(H2,20,21,22,24). The molecule has 1 saturated heterocycles. The van der Waals surface area contributed by atoms with Gasteiger partial charge in [0, 0.05) is 19.0 Å². The van der Waals surface area contributed by atoms with Gasteiger partial charge in [-0.25, -0.2) is 27.4 Å². The molecule has 162 valence electrons. The van der Waals surface area contributed by atoms with Crippen LogP contribution in [0, 0.1) is 5.82 Å². The highest BCUT2D eigenvalue weighted by molar-refractivity contribution is 7.91. The summed E-state index contributed by atoms with van der Waals surface area (Å²) in [5, 5.41) is 7.21. The molecule has 1 fully saturated rings. The average molecular weight is 457 g/mol. The minimum absolute atomic E-state index is 0.0249. The summed E-state index contributed by atoms with van der Waals surface area (Å²) >= 11 is 1.19. The van der Waals surface area contributed by atoms with Gasteiger partial charge >= 0.3 is 12.1 Å². The van der Waals surface area contributed by atoms with Crippen LogP contribution in [0.25, 0.3) is 0 Å². The molecule has 1 aliphatic heterocycles. The topological polar surface area (TPSA) is 118 Å². The Morgan fingerprint density at radius 2 is 2.20 bits per heavy atom. The van der Waals surface area contributed by atoms with Gasteiger partial charge in [-0.1, -0.05) is 12.1 Å². The van der Waals surface area contributed by atoms with Gasteiger partial charge in [-0.05, 0) is 24.1 Å². The number of rotatable bonds is 6. The van der Waals surface area contributed by atoms with Gasteiger partial charge in [0.1, 0.15) is 11.9 Å². The van der Waals surface area contributed by atoms with E-state index in [2.05, 4.69) is 15.6 Å². The Bertz CT molecular complexity index is 1030. The van der Waals surface area contributed by atoms with E-state index >= 15 is 0 Å². The zero-order valence-corrected chi connectivity index (χ0v) is 17.8. The van der Waals surface area contributed by atoms with Crippen molar-refractivity contribution >= 4 is 38.4 Å². The lowest BCUT2D eigenvalue weighted by Crippen LogP contribution is -2.31. The van der Waals surface area contributed by atoms with Crippen LogP contribution in [0.1, 0.15) is 17.7 Å². The van der Waals surface area contributed by atoms with Crippen LogP contribution in [0.4, 0.5) is 19.1 Å². The fourth-order valence-electron chi connectivity index (χ4n) is 2.80. The smallest absolute Gasteiger partial charge is 0.410 e. The first-order valence-electron chi connectivity index (χ1n) is 9.06. The number of urea groups is 1. The average Bonchev–Trinajstić information content (AvgIpc) is 3.25. The number of carbonyl (C=O) groups is 2. The third kappa shape index (κ3) is 6.39. The quantitative estimate of drug-likeness (QED) is 0.689. The molecule has 0 spiro atoms. The fraction of sp³-hybridized carbons (Fsp3) is 0.389. The number of nitrogens with one attached hydrogen (secondary N) is 2. The second-order valence-electron chi connectivity index (χ2n) is 6.85. The SMILES string of the molecule is CN(Cc1csc(NC(=O)NCc2cccc(F)c2)n1)C(=O)OC1CCS(=O)(=O)C1. The summed E-state index contributed by atoms with van der Waals surface area (Å²) in [5.74, 6) is -0.504. The van der Waals surface area contributed by atoms with E-state index in [1.54, 1.807) is 17.5 Å². The Morgan fingerprint density at radius 3 is 2.90 bits per heavy atom. The van der Waals surface area contributed by atoms with E-state index in [-0.39, 0.29) is 30.4 Å². The van der Waals surface area contributed by atoms with Crippen LogP contribution in [-0.2, 0) is 27.7 Å². The molecule has 0 aliphatic carbocycles. The molecule has 3 amide bonds. The minimum atomic E-state index is -3.13. The predicted molar refractivity (Wildman–Crippen MR) is 109 cm³/mol. The van der Waals surface area contributed by atoms with Crippen LogP contribution in [-0.4, -0.2) is 55.1 Å². The van der Waals surface area contributed by atoms with E-state index in [4.69, 9.17) is 4.74 Å². The molecule has 0 radical (unpaired) electrons. The van der Waals surface area contributed by atoms with Gasteiger partial charge in [0.15, 0.2) is 15.0 Å². The number of nitrogens with zero attached hydrogens (tertiary/aromatic N) is 2. The molecule has 9 nitrogen and oxygen atoms in total. The van der Waals surface area contributed by atoms with Crippen molar-refractivity contribution < 1.29 is 27.1 Å². The molecule has 2 N–H and O–H groups in total. The zero-order chi connectivity index (χ0) is 21.7. The highest BCUT2D eigenvalue weighted by Crippen LogP contribution is 2.19. The second kappa shape index (κ2) is 9.39. The maximum Gasteiger partial charge on any atom is 0.410 e. The molecule has 1 aliphatic rings. The lowest BCUT2D eigenvalue weighted by molar-refractivity contribution is 0.0775. The van der Waals surface area contributed by atoms with E-state index in [1.165, 1.54) is 35.4 Å². The van der Waals surface area contributed by atoms with E-state index in [1.807, 2.05) is 0 Å². The van der Waals surface area contributed by atoms with Crippen LogP contribution >= 0.6 is 11.3 Å². The number of halogens is 1. The van der Waals surface area contributed by atoms with Crippen molar-refractivity contribution in [3.05, 3.63) is 46.7 Å². The van der Waals surface area contributed by atoms with Crippen molar-refractivity contribution in [2.45, 2.75) is 25.6 Å². The second-order valence-corrected chi connectivity index (χ2v) is 9.93. The molecule has 1 unspecified atom stereocenters. The number of thiazole rings is 1. The van der Waals surface area contributed by atoms with Gasteiger partial charge in [0.05, 0.1) is 23.7 Å². The summed E-state index contributed by atoms with van der Waals surface area (Å²) in [7, 11) is -1.61. The van der Waals surface area contributed by atoms with Crippen molar-refractivity contribution in [2.24, 2.45) is 0 Å². The molecule has 2 heterocycles. The largest absolute Gasteiger partial charge is 0.445 e. The number of anilines is 1. The molecule has 3 rings (SSSR count). The summed E-state index contributed by atoms with van der Waals surface area (Å²) in [4.78, 5) is 29.6. The van der Waals surface area contributed by atoms with Gasteiger partial charge in [-0.2, -0.15) is 0 Å². The van der Waals surface area contributed by atoms with Gasteiger partial charge in [0.2, 0.25) is 0 Å². The van der Waals surface area contributed by atoms with Crippen molar-refractivity contribution in [2.75, 3.05) is 23.9 Å². The lowest BCUT2D eigenvalue weighted by Gasteiger charge is -2.18. The Hall–Kier alpha value is -2.73. The normalized spacial score (nSPS) is 17.3. The van der Waals surface area contributed by atoms with E-state index in [0.717, 1.165) is 0 Å². The van der Waals surface area contributed by atoms with E-state index in [9.17, 15) is 22.4 Å². The summed E-state index contributed by atoms with van der Waals surface area (Å²) in [6.07, 6.45) is -0.955. The van der Waals surface area contributed by atoms with Crippen molar-refractivity contribution in [1.82, 2.24) is 15.2 Å². The molecule has 1 aromatic carbocycles. The maximum absolute atomic E-state index is 13.1. The van der Waals surface area contributed by atoms with Crippen LogP contribution in [0.2, 0.25) is 0 Å². The first-order valence-corrected chi connectivity index (χ1v) is 11.8. The number of benzene rings is 1. The molecular formula is C18H21FN4O5S2. The molecule has 1 atom stereocenters. The summed E-state index contributed by atoms with van der Waals surface area (Å²) in [5.41, 5.74) is 1.17. The highest BCUT2D eigenvalue weighted by atomic mass is 32.2. The Balaban J connectivity index is 1.44. The third-order valence-electron chi connectivity index (χ3n) is 4.28. The number of amides is 3. The van der Waals surface area contributed by atoms with Crippen molar-refractivity contribution in [3.8, 4) is 0 Å². The Morgan fingerprint density at radius 1 is 1.40 bits per heavy atom. The number of ether oxygens (including phenoxy) is 1.